The number of halogens is 1. The van der Waals surface area contributed by atoms with Crippen molar-refractivity contribution in [1.29, 1.82) is 0 Å². The average Bonchev–Trinajstić information content (AvgIpc) is 2.85. The van der Waals surface area contributed by atoms with Crippen LogP contribution < -0.4 is 10.6 Å². The van der Waals surface area contributed by atoms with E-state index in [-0.39, 0.29) is 18.0 Å². The minimum absolute atomic E-state index is 0.0777. The third kappa shape index (κ3) is 3.51. The van der Waals surface area contributed by atoms with Gasteiger partial charge >= 0.3 is 6.03 Å². The molecule has 1 aliphatic heterocycles. The summed E-state index contributed by atoms with van der Waals surface area (Å²) in [7, 11) is 0. The summed E-state index contributed by atoms with van der Waals surface area (Å²) in [5.41, 5.74) is 1.19. The number of anilines is 2. The van der Waals surface area contributed by atoms with Gasteiger partial charge in [-0.15, -0.1) is 0 Å². The minimum Gasteiger partial charge on any atom is -0.326 e. The lowest BCUT2D eigenvalue weighted by Gasteiger charge is -2.33. The molecule has 1 saturated heterocycles. The third-order valence-electron chi connectivity index (χ3n) is 5.11. The number of benzene rings is 1. The fraction of sp³-hybridized carbons (Fsp3) is 0.556. The molecule has 130 valence electrons. The number of carbonyl (C=O) groups is 2. The summed E-state index contributed by atoms with van der Waals surface area (Å²) in [5, 5.41) is 6.04. The highest BCUT2D eigenvalue weighted by atomic mass is 35.5. The van der Waals surface area contributed by atoms with Gasteiger partial charge in [0.05, 0.1) is 10.7 Å². The van der Waals surface area contributed by atoms with E-state index < -0.39 is 0 Å². The van der Waals surface area contributed by atoms with Gasteiger partial charge in [0.1, 0.15) is 0 Å². The molecule has 3 amide bonds. The number of likely N-dealkylation sites (tertiary alicyclic amines) is 1. The van der Waals surface area contributed by atoms with Crippen molar-refractivity contribution in [2.45, 2.75) is 58.0 Å². The molecule has 1 heterocycles. The zero-order valence-corrected chi connectivity index (χ0v) is 14.9. The van der Waals surface area contributed by atoms with Crippen molar-refractivity contribution in [3.05, 3.63) is 23.2 Å². The standard InChI is InChI=1S/C18H24ClN3O2/c1-11-9-13-5-3-4-6-17(13)22(11)18(24)21-16-8-7-14(10-15(16)19)20-12(2)23/h7-8,10-11,13,17H,3-6,9H2,1-2H3,(H,20,23)(H,21,24)/t11-,13+,17+/m1/s1. The maximum absolute atomic E-state index is 12.8. The van der Waals surface area contributed by atoms with Crippen LogP contribution in [0.3, 0.4) is 0 Å². The number of hydrogen-bond donors (Lipinski definition) is 2. The van der Waals surface area contributed by atoms with Crippen LogP contribution in [-0.4, -0.2) is 28.9 Å². The maximum atomic E-state index is 12.8. The Bertz CT molecular complexity index is 649. The molecule has 1 saturated carbocycles. The largest absolute Gasteiger partial charge is 0.326 e. The van der Waals surface area contributed by atoms with Gasteiger partial charge in [0.15, 0.2) is 0 Å². The highest BCUT2D eigenvalue weighted by molar-refractivity contribution is 6.34. The number of carbonyl (C=O) groups excluding carboxylic acids is 2. The van der Waals surface area contributed by atoms with Crippen LogP contribution in [-0.2, 0) is 4.79 Å². The predicted octanol–water partition coefficient (Wildman–Crippen LogP) is 4.48. The molecule has 24 heavy (non-hydrogen) atoms. The van der Waals surface area contributed by atoms with Gasteiger partial charge in [-0.25, -0.2) is 4.79 Å². The molecule has 0 aromatic heterocycles. The summed E-state index contributed by atoms with van der Waals surface area (Å²) in [6, 6.07) is 5.65. The summed E-state index contributed by atoms with van der Waals surface area (Å²) in [4.78, 5) is 25.9. The molecule has 3 rings (SSSR count). The van der Waals surface area contributed by atoms with Crippen molar-refractivity contribution < 1.29 is 9.59 Å². The first-order valence-corrected chi connectivity index (χ1v) is 9.00. The first-order valence-electron chi connectivity index (χ1n) is 8.62. The van der Waals surface area contributed by atoms with Gasteiger partial charge in [0, 0.05) is 24.7 Å². The van der Waals surface area contributed by atoms with Crippen LogP contribution >= 0.6 is 11.6 Å². The Kier molecular flexibility index (Phi) is 4.99. The molecule has 2 aliphatic rings. The number of fused-ring (bicyclic) bond motifs is 1. The molecule has 0 unspecified atom stereocenters. The van der Waals surface area contributed by atoms with Crippen LogP contribution in [0.2, 0.25) is 5.02 Å². The minimum atomic E-state index is -0.155. The molecule has 0 radical (unpaired) electrons. The van der Waals surface area contributed by atoms with Crippen molar-refractivity contribution in [3.8, 4) is 0 Å². The van der Waals surface area contributed by atoms with Gasteiger partial charge in [-0.1, -0.05) is 24.4 Å². The lowest BCUT2D eigenvalue weighted by Crippen LogP contribution is -2.44. The number of rotatable bonds is 2. The summed E-state index contributed by atoms with van der Waals surface area (Å²) in [6.07, 6.45) is 5.89. The van der Waals surface area contributed by atoms with Crippen LogP contribution in [0.4, 0.5) is 16.2 Å². The summed E-state index contributed by atoms with van der Waals surface area (Å²) in [5.74, 6) is 0.481. The molecule has 2 N–H and O–H groups in total. The second-order valence-electron chi connectivity index (χ2n) is 6.91. The van der Waals surface area contributed by atoms with Gasteiger partial charge in [0.2, 0.25) is 5.91 Å². The quantitative estimate of drug-likeness (QED) is 0.826. The third-order valence-corrected chi connectivity index (χ3v) is 5.42. The second kappa shape index (κ2) is 7.01. The van der Waals surface area contributed by atoms with Crippen LogP contribution in [0.5, 0.6) is 0 Å². The van der Waals surface area contributed by atoms with Crippen molar-refractivity contribution >= 4 is 34.9 Å². The summed E-state index contributed by atoms with van der Waals surface area (Å²) in [6.45, 7) is 3.57. The fourth-order valence-corrected chi connectivity index (χ4v) is 4.36. The highest BCUT2D eigenvalue weighted by Crippen LogP contribution is 2.40. The number of nitrogens with zero attached hydrogens (tertiary/aromatic N) is 1. The zero-order valence-electron chi connectivity index (χ0n) is 14.1. The van der Waals surface area contributed by atoms with Crippen LogP contribution in [0.15, 0.2) is 18.2 Å². The van der Waals surface area contributed by atoms with Gasteiger partial charge in [-0.3, -0.25) is 4.79 Å². The molecule has 1 aromatic rings. The van der Waals surface area contributed by atoms with Crippen molar-refractivity contribution in [2.75, 3.05) is 10.6 Å². The average molecular weight is 350 g/mol. The van der Waals surface area contributed by atoms with Crippen molar-refractivity contribution in [2.24, 2.45) is 5.92 Å². The first-order chi connectivity index (χ1) is 11.5. The Balaban J connectivity index is 1.71. The molecule has 0 spiro atoms. The number of hydrogen-bond acceptors (Lipinski definition) is 2. The molecule has 1 aliphatic carbocycles. The lowest BCUT2D eigenvalue weighted by molar-refractivity contribution is -0.114. The maximum Gasteiger partial charge on any atom is 0.322 e. The van der Waals surface area contributed by atoms with Crippen molar-refractivity contribution in [3.63, 3.8) is 0 Å². The predicted molar refractivity (Wildman–Crippen MR) is 96.4 cm³/mol. The molecular formula is C18H24ClN3O2. The number of urea groups is 1. The first kappa shape index (κ1) is 17.1. The van der Waals surface area contributed by atoms with Gasteiger partial charge in [-0.2, -0.15) is 0 Å². The number of nitrogens with one attached hydrogen (secondary N) is 2. The monoisotopic (exact) mass is 349 g/mol. The molecule has 3 atom stereocenters. The number of amides is 3. The SMILES string of the molecule is CC(=O)Nc1ccc(NC(=O)N2[C@H](C)C[C@@H]3CCCC[C@@H]32)c(Cl)c1. The summed E-state index contributed by atoms with van der Waals surface area (Å²) < 4.78 is 0. The van der Waals surface area contributed by atoms with E-state index in [1.165, 1.54) is 26.2 Å². The van der Waals surface area contributed by atoms with E-state index in [0.717, 1.165) is 12.8 Å². The molecule has 6 heteroatoms. The van der Waals surface area contributed by atoms with Gasteiger partial charge in [0.25, 0.3) is 0 Å². The molecule has 1 aromatic carbocycles. The van der Waals surface area contributed by atoms with E-state index in [2.05, 4.69) is 17.6 Å². The topological polar surface area (TPSA) is 61.4 Å². The molecular weight excluding hydrogens is 326 g/mol. The van der Waals surface area contributed by atoms with Crippen LogP contribution in [0, 0.1) is 5.92 Å². The van der Waals surface area contributed by atoms with E-state index >= 15 is 0 Å². The Morgan fingerprint density at radius 1 is 1.21 bits per heavy atom. The van der Waals surface area contributed by atoms with Crippen LogP contribution in [0.25, 0.3) is 0 Å². The molecule has 5 nitrogen and oxygen atoms in total. The van der Waals surface area contributed by atoms with Crippen molar-refractivity contribution in [1.82, 2.24) is 4.90 Å². The lowest BCUT2D eigenvalue weighted by atomic mass is 9.85. The summed E-state index contributed by atoms with van der Waals surface area (Å²) >= 11 is 6.25. The highest BCUT2D eigenvalue weighted by Gasteiger charge is 2.42. The Morgan fingerprint density at radius 3 is 2.67 bits per heavy atom. The van der Waals surface area contributed by atoms with Gasteiger partial charge < -0.3 is 15.5 Å². The normalized spacial score (nSPS) is 26.0. The fourth-order valence-electron chi connectivity index (χ4n) is 4.14. The molecule has 0 bridgehead atoms. The Labute approximate surface area is 147 Å². The molecule has 2 fully saturated rings. The van der Waals surface area contributed by atoms with E-state index in [1.54, 1.807) is 18.2 Å². The Morgan fingerprint density at radius 2 is 1.96 bits per heavy atom. The van der Waals surface area contributed by atoms with E-state index in [1.807, 2.05) is 4.90 Å². The second-order valence-corrected chi connectivity index (χ2v) is 7.32. The Hall–Kier alpha value is -1.75. The van der Waals surface area contributed by atoms with E-state index in [0.29, 0.717) is 28.4 Å². The smallest absolute Gasteiger partial charge is 0.322 e. The van der Waals surface area contributed by atoms with Crippen LogP contribution in [0.1, 0.15) is 46.0 Å². The zero-order chi connectivity index (χ0) is 17.3. The van der Waals surface area contributed by atoms with E-state index in [9.17, 15) is 9.59 Å². The van der Waals surface area contributed by atoms with E-state index in [4.69, 9.17) is 11.6 Å². The van der Waals surface area contributed by atoms with Gasteiger partial charge in [-0.05, 0) is 50.3 Å².